The highest BCUT2D eigenvalue weighted by molar-refractivity contribution is 6.09. The Labute approximate surface area is 162 Å². The van der Waals surface area contributed by atoms with E-state index in [0.717, 1.165) is 0 Å². The minimum absolute atomic E-state index is 0.0375. The number of amides is 3. The van der Waals surface area contributed by atoms with Crippen LogP contribution >= 0.6 is 0 Å². The van der Waals surface area contributed by atoms with Gasteiger partial charge < -0.3 is 5.32 Å². The minimum atomic E-state index is -1.29. The van der Waals surface area contributed by atoms with Gasteiger partial charge in [-0.05, 0) is 22.8 Å². The van der Waals surface area contributed by atoms with Crippen LogP contribution in [0.5, 0.6) is 0 Å². The van der Waals surface area contributed by atoms with Crippen LogP contribution in [0.25, 0.3) is 0 Å². The van der Waals surface area contributed by atoms with Crippen LogP contribution in [0.3, 0.4) is 0 Å². The maximum Gasteiger partial charge on any atom is 0.325 e. The molecule has 0 radical (unpaired) electrons. The van der Waals surface area contributed by atoms with Gasteiger partial charge in [0, 0.05) is 0 Å². The first-order valence-electron chi connectivity index (χ1n) is 8.90. The lowest BCUT2D eigenvalue weighted by molar-refractivity contribution is -0.130. The second-order valence-electron chi connectivity index (χ2n) is 6.57. The van der Waals surface area contributed by atoms with E-state index >= 15 is 0 Å². The fraction of sp³-hybridized carbons (Fsp3) is 0.0870. The number of carbonyl (C=O) groups is 2. The topological polar surface area (TPSA) is 73.2 Å². The molecule has 28 heavy (non-hydrogen) atoms. The highest BCUT2D eigenvalue weighted by Crippen LogP contribution is 2.36. The SMILES string of the molecule is N#Cc1ccccc1CN1C(=O)NC(c2ccccc2)(c2ccccc2)C1=O. The van der Waals surface area contributed by atoms with Gasteiger partial charge in [-0.15, -0.1) is 0 Å². The molecule has 3 aromatic rings. The second kappa shape index (κ2) is 7.01. The number of nitriles is 1. The molecule has 1 saturated heterocycles. The van der Waals surface area contributed by atoms with Crippen molar-refractivity contribution < 1.29 is 9.59 Å². The summed E-state index contributed by atoms with van der Waals surface area (Å²) >= 11 is 0. The molecule has 1 aliphatic rings. The average molecular weight is 367 g/mol. The molecule has 3 amide bonds. The number of benzene rings is 3. The van der Waals surface area contributed by atoms with Gasteiger partial charge in [-0.25, -0.2) is 4.79 Å². The van der Waals surface area contributed by atoms with Crippen molar-refractivity contribution in [3.63, 3.8) is 0 Å². The van der Waals surface area contributed by atoms with E-state index in [2.05, 4.69) is 11.4 Å². The Morgan fingerprint density at radius 2 is 1.36 bits per heavy atom. The molecule has 0 bridgehead atoms. The number of urea groups is 1. The molecule has 0 unspecified atom stereocenters. The van der Waals surface area contributed by atoms with Crippen molar-refractivity contribution in [2.45, 2.75) is 12.1 Å². The van der Waals surface area contributed by atoms with Crippen molar-refractivity contribution in [2.24, 2.45) is 0 Å². The first-order valence-corrected chi connectivity index (χ1v) is 8.90. The van der Waals surface area contributed by atoms with Crippen LogP contribution < -0.4 is 5.32 Å². The Bertz CT molecular complexity index is 1030. The predicted octanol–water partition coefficient (Wildman–Crippen LogP) is 3.55. The molecular formula is C23H17N3O2. The zero-order valence-electron chi connectivity index (χ0n) is 15.0. The van der Waals surface area contributed by atoms with Gasteiger partial charge in [0.1, 0.15) is 0 Å². The van der Waals surface area contributed by atoms with Crippen molar-refractivity contribution >= 4 is 11.9 Å². The third kappa shape index (κ3) is 2.72. The van der Waals surface area contributed by atoms with Gasteiger partial charge in [-0.1, -0.05) is 78.9 Å². The maximum atomic E-state index is 13.6. The highest BCUT2D eigenvalue weighted by Gasteiger charge is 2.53. The standard InChI is InChI=1S/C23H17N3O2/c24-15-17-9-7-8-10-18(17)16-26-21(27)23(25-22(26)28,19-11-3-1-4-12-19)20-13-5-2-6-14-20/h1-14H,16H2,(H,25,28). The summed E-state index contributed by atoms with van der Waals surface area (Å²) in [7, 11) is 0. The van der Waals surface area contributed by atoms with E-state index in [-0.39, 0.29) is 12.5 Å². The van der Waals surface area contributed by atoms with Crippen LogP contribution in [0.2, 0.25) is 0 Å². The number of imide groups is 1. The van der Waals surface area contributed by atoms with Gasteiger partial charge >= 0.3 is 6.03 Å². The van der Waals surface area contributed by atoms with E-state index in [9.17, 15) is 14.9 Å². The molecular weight excluding hydrogens is 350 g/mol. The van der Waals surface area contributed by atoms with Crippen LogP contribution in [0, 0.1) is 11.3 Å². The summed E-state index contributed by atoms with van der Waals surface area (Å²) in [6.07, 6.45) is 0. The molecule has 136 valence electrons. The van der Waals surface area contributed by atoms with Gasteiger partial charge in [0.15, 0.2) is 5.54 Å². The summed E-state index contributed by atoms with van der Waals surface area (Å²) in [6, 6.07) is 27.0. The largest absolute Gasteiger partial charge is 0.325 e. The Balaban J connectivity index is 1.81. The van der Waals surface area contributed by atoms with Crippen molar-refractivity contribution in [2.75, 3.05) is 0 Å². The zero-order chi connectivity index (χ0) is 19.6. The Morgan fingerprint density at radius 1 is 0.821 bits per heavy atom. The molecule has 0 spiro atoms. The molecule has 4 rings (SSSR count). The first-order chi connectivity index (χ1) is 13.7. The average Bonchev–Trinajstić information content (AvgIpc) is 3.01. The Hall–Kier alpha value is -3.91. The molecule has 1 heterocycles. The van der Waals surface area contributed by atoms with Gasteiger partial charge in [0.25, 0.3) is 5.91 Å². The quantitative estimate of drug-likeness (QED) is 0.717. The third-order valence-corrected chi connectivity index (χ3v) is 4.99. The molecule has 0 aromatic heterocycles. The monoisotopic (exact) mass is 367 g/mol. The van der Waals surface area contributed by atoms with E-state index in [0.29, 0.717) is 22.3 Å². The van der Waals surface area contributed by atoms with Crippen LogP contribution in [-0.4, -0.2) is 16.8 Å². The van der Waals surface area contributed by atoms with Crippen molar-refractivity contribution in [3.05, 3.63) is 107 Å². The smallest absolute Gasteiger partial charge is 0.315 e. The van der Waals surface area contributed by atoms with Crippen LogP contribution in [-0.2, 0) is 16.9 Å². The fourth-order valence-corrected chi connectivity index (χ4v) is 3.59. The van der Waals surface area contributed by atoms with E-state index in [4.69, 9.17) is 0 Å². The minimum Gasteiger partial charge on any atom is -0.315 e. The molecule has 0 aliphatic carbocycles. The number of nitrogens with one attached hydrogen (secondary N) is 1. The molecule has 5 nitrogen and oxygen atoms in total. The van der Waals surface area contributed by atoms with E-state index in [1.165, 1.54) is 4.90 Å². The highest BCUT2D eigenvalue weighted by atomic mass is 16.2. The van der Waals surface area contributed by atoms with Gasteiger partial charge in [-0.3, -0.25) is 9.69 Å². The zero-order valence-corrected chi connectivity index (χ0v) is 15.0. The lowest BCUT2D eigenvalue weighted by atomic mass is 9.82. The molecule has 1 N–H and O–H groups in total. The van der Waals surface area contributed by atoms with Crippen molar-refractivity contribution in [3.8, 4) is 6.07 Å². The summed E-state index contributed by atoms with van der Waals surface area (Å²) in [5, 5.41) is 12.2. The fourth-order valence-electron chi connectivity index (χ4n) is 3.59. The Kier molecular flexibility index (Phi) is 4.38. The second-order valence-corrected chi connectivity index (χ2v) is 6.57. The summed E-state index contributed by atoms with van der Waals surface area (Å²) in [4.78, 5) is 27.6. The summed E-state index contributed by atoms with van der Waals surface area (Å²) in [6.45, 7) is 0.0375. The summed E-state index contributed by atoms with van der Waals surface area (Å²) in [5.74, 6) is -0.359. The molecule has 5 heteroatoms. The lowest BCUT2D eigenvalue weighted by Gasteiger charge is -2.28. The Morgan fingerprint density at radius 3 is 1.93 bits per heavy atom. The lowest BCUT2D eigenvalue weighted by Crippen LogP contribution is -2.45. The molecule has 0 atom stereocenters. The number of rotatable bonds is 4. The number of hydrogen-bond acceptors (Lipinski definition) is 3. The molecule has 1 aliphatic heterocycles. The van der Waals surface area contributed by atoms with Gasteiger partial charge in [-0.2, -0.15) is 5.26 Å². The predicted molar refractivity (Wildman–Crippen MR) is 104 cm³/mol. The molecule has 1 fully saturated rings. The number of nitrogens with zero attached hydrogens (tertiary/aromatic N) is 2. The summed E-state index contributed by atoms with van der Waals surface area (Å²) < 4.78 is 0. The van der Waals surface area contributed by atoms with E-state index in [1.807, 2.05) is 60.7 Å². The van der Waals surface area contributed by atoms with Crippen LogP contribution in [0.1, 0.15) is 22.3 Å². The maximum absolute atomic E-state index is 13.6. The van der Waals surface area contributed by atoms with E-state index < -0.39 is 11.6 Å². The van der Waals surface area contributed by atoms with E-state index in [1.54, 1.807) is 24.3 Å². The molecule has 0 saturated carbocycles. The number of hydrogen-bond donors (Lipinski definition) is 1. The summed E-state index contributed by atoms with van der Waals surface area (Å²) in [5.41, 5.74) is 1.16. The van der Waals surface area contributed by atoms with Crippen LogP contribution in [0.4, 0.5) is 4.79 Å². The number of carbonyl (C=O) groups excluding carboxylic acids is 2. The third-order valence-electron chi connectivity index (χ3n) is 4.99. The first kappa shape index (κ1) is 17.5. The van der Waals surface area contributed by atoms with Crippen molar-refractivity contribution in [1.29, 1.82) is 5.26 Å². The van der Waals surface area contributed by atoms with Gasteiger partial charge in [0.2, 0.25) is 0 Å². The normalized spacial score (nSPS) is 15.2. The molecule has 3 aromatic carbocycles. The van der Waals surface area contributed by atoms with Crippen molar-refractivity contribution in [1.82, 2.24) is 10.2 Å². The van der Waals surface area contributed by atoms with Gasteiger partial charge in [0.05, 0.1) is 18.2 Å². The van der Waals surface area contributed by atoms with Crippen LogP contribution in [0.15, 0.2) is 84.9 Å².